The molecule has 0 unspecified atom stereocenters. The highest BCUT2D eigenvalue weighted by molar-refractivity contribution is 7.89. The number of aliphatic hydroxyl groups is 1. The van der Waals surface area contributed by atoms with Gasteiger partial charge in [0.25, 0.3) is 0 Å². The Bertz CT molecular complexity index is 598. The molecule has 0 fully saturated rings. The molecule has 1 aliphatic rings. The molecular formula is C13H16FNO3S. The predicted octanol–water partition coefficient (Wildman–Crippen LogP) is 1.35. The molecule has 0 radical (unpaired) electrons. The van der Waals surface area contributed by atoms with Crippen molar-refractivity contribution in [1.82, 2.24) is 4.72 Å². The van der Waals surface area contributed by atoms with Gasteiger partial charge in [-0.2, -0.15) is 0 Å². The zero-order chi connectivity index (χ0) is 14.0. The van der Waals surface area contributed by atoms with Crippen LogP contribution in [0.2, 0.25) is 0 Å². The summed E-state index contributed by atoms with van der Waals surface area (Å²) in [6.07, 6.45) is 4.06. The Morgan fingerprint density at radius 2 is 2.16 bits per heavy atom. The van der Waals surface area contributed by atoms with Crippen LogP contribution in [-0.2, 0) is 10.0 Å². The normalized spacial score (nSPS) is 22.9. The van der Waals surface area contributed by atoms with Crippen molar-refractivity contribution >= 4 is 10.0 Å². The second kappa shape index (κ2) is 5.40. The third kappa shape index (κ3) is 3.20. The minimum atomic E-state index is -3.66. The first kappa shape index (κ1) is 14.2. The van der Waals surface area contributed by atoms with E-state index in [4.69, 9.17) is 5.11 Å². The molecule has 0 spiro atoms. The summed E-state index contributed by atoms with van der Waals surface area (Å²) in [5.41, 5.74) is 0.290. The molecule has 0 aromatic heterocycles. The van der Waals surface area contributed by atoms with E-state index in [1.54, 1.807) is 12.2 Å². The molecular weight excluding hydrogens is 269 g/mol. The summed E-state index contributed by atoms with van der Waals surface area (Å²) in [6, 6.07) is 3.37. The number of aliphatic hydroxyl groups excluding tert-OH is 1. The van der Waals surface area contributed by atoms with Gasteiger partial charge in [0, 0.05) is 18.6 Å². The van der Waals surface area contributed by atoms with Crippen molar-refractivity contribution < 1.29 is 17.9 Å². The first-order chi connectivity index (χ1) is 8.92. The van der Waals surface area contributed by atoms with E-state index in [1.807, 2.05) is 0 Å². The lowest BCUT2D eigenvalue weighted by atomic mass is 10.1. The largest absolute Gasteiger partial charge is 0.396 e. The van der Waals surface area contributed by atoms with Crippen LogP contribution in [0, 0.1) is 18.7 Å². The highest BCUT2D eigenvalue weighted by atomic mass is 32.2. The molecule has 0 saturated heterocycles. The number of aryl methyl sites for hydroxylation is 1. The number of benzene rings is 1. The number of nitrogens with one attached hydrogen (secondary N) is 1. The third-order valence-corrected chi connectivity index (χ3v) is 4.64. The summed E-state index contributed by atoms with van der Waals surface area (Å²) in [4.78, 5) is 0.0484. The maximum Gasteiger partial charge on any atom is 0.241 e. The lowest BCUT2D eigenvalue weighted by Crippen LogP contribution is -2.33. The van der Waals surface area contributed by atoms with Crippen LogP contribution in [0.1, 0.15) is 12.0 Å². The molecule has 2 atom stereocenters. The Balaban J connectivity index is 2.15. The average Bonchev–Trinajstić information content (AvgIpc) is 2.79. The fourth-order valence-electron chi connectivity index (χ4n) is 2.05. The SMILES string of the molecule is Cc1cc(S(=O)(=O)N[C@@H]2C=C[C@H](CO)C2)ccc1F. The summed E-state index contributed by atoms with van der Waals surface area (Å²) < 4.78 is 39.9. The monoisotopic (exact) mass is 285 g/mol. The van der Waals surface area contributed by atoms with E-state index >= 15 is 0 Å². The van der Waals surface area contributed by atoms with E-state index in [2.05, 4.69) is 4.72 Å². The Labute approximate surface area is 112 Å². The minimum Gasteiger partial charge on any atom is -0.396 e. The standard InChI is InChI=1S/C13H16FNO3S/c1-9-6-12(4-5-13(9)14)19(17,18)15-11-3-2-10(7-11)8-16/h2-6,10-11,15-16H,7-8H2,1H3/t10-,11+/m0/s1. The first-order valence-electron chi connectivity index (χ1n) is 6.00. The summed E-state index contributed by atoms with van der Waals surface area (Å²) >= 11 is 0. The first-order valence-corrected chi connectivity index (χ1v) is 7.48. The molecule has 0 saturated carbocycles. The third-order valence-electron chi connectivity index (χ3n) is 3.15. The zero-order valence-corrected chi connectivity index (χ0v) is 11.3. The van der Waals surface area contributed by atoms with Crippen LogP contribution < -0.4 is 4.72 Å². The summed E-state index contributed by atoms with van der Waals surface area (Å²) in [6.45, 7) is 1.52. The quantitative estimate of drug-likeness (QED) is 0.821. The Morgan fingerprint density at radius 1 is 1.42 bits per heavy atom. The summed E-state index contributed by atoms with van der Waals surface area (Å²) in [7, 11) is -3.66. The maximum absolute atomic E-state index is 13.1. The molecule has 1 aliphatic carbocycles. The van der Waals surface area contributed by atoms with Gasteiger partial charge in [0.05, 0.1) is 4.90 Å². The zero-order valence-electron chi connectivity index (χ0n) is 10.5. The van der Waals surface area contributed by atoms with E-state index < -0.39 is 15.8 Å². The van der Waals surface area contributed by atoms with E-state index in [-0.39, 0.29) is 29.0 Å². The van der Waals surface area contributed by atoms with Crippen LogP contribution in [0.5, 0.6) is 0 Å². The number of hydrogen-bond donors (Lipinski definition) is 2. The van der Waals surface area contributed by atoms with Crippen molar-refractivity contribution in [3.63, 3.8) is 0 Å². The molecule has 0 bridgehead atoms. The van der Waals surface area contributed by atoms with Gasteiger partial charge in [-0.05, 0) is 37.1 Å². The number of hydrogen-bond acceptors (Lipinski definition) is 3. The van der Waals surface area contributed by atoms with Crippen LogP contribution >= 0.6 is 0 Å². The number of rotatable bonds is 4. The van der Waals surface area contributed by atoms with Crippen LogP contribution in [0.25, 0.3) is 0 Å². The fraction of sp³-hybridized carbons (Fsp3) is 0.385. The number of sulfonamides is 1. The van der Waals surface area contributed by atoms with Gasteiger partial charge in [-0.1, -0.05) is 12.2 Å². The second-order valence-corrected chi connectivity index (χ2v) is 6.42. The highest BCUT2D eigenvalue weighted by Gasteiger charge is 2.24. The van der Waals surface area contributed by atoms with Crippen LogP contribution in [0.15, 0.2) is 35.2 Å². The molecule has 2 rings (SSSR count). The lowest BCUT2D eigenvalue weighted by Gasteiger charge is -2.13. The molecule has 19 heavy (non-hydrogen) atoms. The van der Waals surface area contributed by atoms with Crippen molar-refractivity contribution in [2.45, 2.75) is 24.3 Å². The lowest BCUT2D eigenvalue weighted by molar-refractivity contribution is 0.248. The van der Waals surface area contributed by atoms with E-state index in [0.29, 0.717) is 6.42 Å². The van der Waals surface area contributed by atoms with Crippen molar-refractivity contribution in [2.24, 2.45) is 5.92 Å². The Hall–Kier alpha value is -1.24. The Kier molecular flexibility index (Phi) is 4.03. The molecule has 0 aliphatic heterocycles. The van der Waals surface area contributed by atoms with Crippen LogP contribution in [0.4, 0.5) is 4.39 Å². The van der Waals surface area contributed by atoms with E-state index in [9.17, 15) is 12.8 Å². The van der Waals surface area contributed by atoms with Gasteiger partial charge in [-0.25, -0.2) is 17.5 Å². The predicted molar refractivity (Wildman–Crippen MR) is 69.6 cm³/mol. The molecule has 0 heterocycles. The van der Waals surface area contributed by atoms with Gasteiger partial charge < -0.3 is 5.11 Å². The number of halogens is 1. The second-order valence-electron chi connectivity index (χ2n) is 4.70. The van der Waals surface area contributed by atoms with Gasteiger partial charge in [0.2, 0.25) is 10.0 Å². The van der Waals surface area contributed by atoms with Crippen LogP contribution in [0.3, 0.4) is 0 Å². The molecule has 1 aromatic rings. The van der Waals surface area contributed by atoms with Crippen molar-refractivity contribution in [1.29, 1.82) is 0 Å². The van der Waals surface area contributed by atoms with Crippen molar-refractivity contribution in [2.75, 3.05) is 6.61 Å². The smallest absolute Gasteiger partial charge is 0.241 e. The average molecular weight is 285 g/mol. The van der Waals surface area contributed by atoms with Gasteiger partial charge in [0.15, 0.2) is 0 Å². The van der Waals surface area contributed by atoms with Gasteiger partial charge in [0.1, 0.15) is 5.82 Å². The van der Waals surface area contributed by atoms with Gasteiger partial charge in [-0.15, -0.1) is 0 Å². The van der Waals surface area contributed by atoms with Crippen molar-refractivity contribution in [3.8, 4) is 0 Å². The molecule has 6 heteroatoms. The molecule has 104 valence electrons. The summed E-state index contributed by atoms with van der Waals surface area (Å²) in [5, 5.41) is 9.00. The van der Waals surface area contributed by atoms with Gasteiger partial charge >= 0.3 is 0 Å². The maximum atomic E-state index is 13.1. The molecule has 0 amide bonds. The Morgan fingerprint density at radius 3 is 2.74 bits per heavy atom. The summed E-state index contributed by atoms with van der Waals surface area (Å²) in [5.74, 6) is -0.442. The van der Waals surface area contributed by atoms with E-state index in [1.165, 1.54) is 19.1 Å². The van der Waals surface area contributed by atoms with Crippen molar-refractivity contribution in [3.05, 3.63) is 41.7 Å². The van der Waals surface area contributed by atoms with E-state index in [0.717, 1.165) is 6.07 Å². The highest BCUT2D eigenvalue weighted by Crippen LogP contribution is 2.20. The molecule has 2 N–H and O–H groups in total. The fourth-order valence-corrected chi connectivity index (χ4v) is 3.34. The van der Waals surface area contributed by atoms with Gasteiger partial charge in [-0.3, -0.25) is 0 Å². The molecule has 4 nitrogen and oxygen atoms in total. The van der Waals surface area contributed by atoms with Crippen LogP contribution in [-0.4, -0.2) is 26.2 Å². The minimum absolute atomic E-state index is 0.00435. The topological polar surface area (TPSA) is 66.4 Å². The molecule has 1 aromatic carbocycles.